The number of likely N-dealkylation sites (tertiary alicyclic amines) is 1. The van der Waals surface area contributed by atoms with Crippen molar-refractivity contribution in [3.05, 3.63) is 77.9 Å². The lowest BCUT2D eigenvalue weighted by Gasteiger charge is -2.14. The Hall–Kier alpha value is -2.50. The van der Waals surface area contributed by atoms with Crippen LogP contribution in [0.15, 0.2) is 61.2 Å². The van der Waals surface area contributed by atoms with Gasteiger partial charge >= 0.3 is 0 Å². The van der Waals surface area contributed by atoms with E-state index in [1.54, 1.807) is 0 Å². The molecule has 1 aromatic carbocycles. The third-order valence-electron chi connectivity index (χ3n) is 5.60. The van der Waals surface area contributed by atoms with Gasteiger partial charge < -0.3 is 5.11 Å². The van der Waals surface area contributed by atoms with Crippen LogP contribution in [0.1, 0.15) is 36.5 Å². The van der Waals surface area contributed by atoms with Gasteiger partial charge in [0.1, 0.15) is 0 Å². The summed E-state index contributed by atoms with van der Waals surface area (Å²) in [5.74, 6) is 0.796. The van der Waals surface area contributed by atoms with E-state index in [9.17, 15) is 5.11 Å². The van der Waals surface area contributed by atoms with Crippen LogP contribution in [-0.2, 0) is 13.0 Å². The lowest BCUT2D eigenvalue weighted by atomic mass is 9.97. The Morgan fingerprint density at radius 3 is 2.50 bits per heavy atom. The zero-order chi connectivity index (χ0) is 19.5. The fourth-order valence-electron chi connectivity index (χ4n) is 3.95. The largest absolute Gasteiger partial charge is 0.391 e. The summed E-state index contributed by atoms with van der Waals surface area (Å²) in [6.07, 6.45) is 8.26. The number of aliphatic hydroxyl groups excluding tert-OH is 1. The summed E-state index contributed by atoms with van der Waals surface area (Å²) < 4.78 is 1.93. The molecule has 1 N–H and O–H groups in total. The summed E-state index contributed by atoms with van der Waals surface area (Å²) >= 11 is 0. The van der Waals surface area contributed by atoms with Crippen LogP contribution < -0.4 is 0 Å². The van der Waals surface area contributed by atoms with Gasteiger partial charge in [-0.1, -0.05) is 26.0 Å². The van der Waals surface area contributed by atoms with Crippen LogP contribution >= 0.6 is 0 Å². The van der Waals surface area contributed by atoms with E-state index in [0.29, 0.717) is 12.5 Å². The summed E-state index contributed by atoms with van der Waals surface area (Å²) in [6, 6.07) is 12.6. The highest BCUT2D eigenvalue weighted by Gasteiger charge is 2.31. The van der Waals surface area contributed by atoms with Crippen LogP contribution in [0, 0.1) is 5.92 Å². The van der Waals surface area contributed by atoms with Gasteiger partial charge in [-0.2, -0.15) is 5.10 Å². The van der Waals surface area contributed by atoms with Crippen molar-refractivity contribution in [3.63, 3.8) is 0 Å². The van der Waals surface area contributed by atoms with E-state index in [2.05, 4.69) is 59.3 Å². The van der Waals surface area contributed by atoms with Crippen molar-refractivity contribution in [2.45, 2.75) is 38.8 Å². The second-order valence-electron chi connectivity index (χ2n) is 8.12. The average molecular weight is 377 g/mol. The molecule has 1 aliphatic heterocycles. The number of hydrogen-bond donors (Lipinski definition) is 1. The summed E-state index contributed by atoms with van der Waals surface area (Å²) in [4.78, 5) is 6.39. The van der Waals surface area contributed by atoms with Crippen LogP contribution in [0.2, 0.25) is 0 Å². The second kappa shape index (κ2) is 8.25. The fourth-order valence-corrected chi connectivity index (χ4v) is 3.95. The molecule has 0 spiro atoms. The van der Waals surface area contributed by atoms with E-state index >= 15 is 0 Å². The lowest BCUT2D eigenvalue weighted by molar-refractivity contribution is 0.141. The smallest absolute Gasteiger partial charge is 0.0710 e. The number of aromatic nitrogens is 3. The summed E-state index contributed by atoms with van der Waals surface area (Å²) in [5.41, 5.74) is 4.82. The highest BCUT2D eigenvalue weighted by molar-refractivity contribution is 5.35. The van der Waals surface area contributed by atoms with Crippen LogP contribution in [0.3, 0.4) is 0 Å². The van der Waals surface area contributed by atoms with E-state index in [-0.39, 0.29) is 12.0 Å². The van der Waals surface area contributed by atoms with Gasteiger partial charge in [0.15, 0.2) is 0 Å². The lowest BCUT2D eigenvalue weighted by Crippen LogP contribution is -2.21. The molecule has 0 aliphatic carbocycles. The fraction of sp³-hybridized carbons (Fsp3) is 0.391. The Bertz CT molecular complexity index is 888. The Labute approximate surface area is 166 Å². The number of pyridine rings is 1. The molecule has 4 rings (SSSR count). The Kier molecular flexibility index (Phi) is 5.55. The molecule has 3 aromatic rings. The van der Waals surface area contributed by atoms with Gasteiger partial charge in [0, 0.05) is 49.7 Å². The molecule has 146 valence electrons. The molecular weight excluding hydrogens is 348 g/mol. The molecule has 0 saturated carbocycles. The third kappa shape index (κ3) is 4.32. The quantitative estimate of drug-likeness (QED) is 0.716. The number of hydrogen-bond acceptors (Lipinski definition) is 4. The molecule has 3 heterocycles. The van der Waals surface area contributed by atoms with Crippen molar-refractivity contribution >= 4 is 0 Å². The topological polar surface area (TPSA) is 54.2 Å². The molecule has 0 radical (unpaired) electrons. The van der Waals surface area contributed by atoms with Gasteiger partial charge in [-0.15, -0.1) is 0 Å². The van der Waals surface area contributed by atoms with Gasteiger partial charge in [-0.25, -0.2) is 4.68 Å². The summed E-state index contributed by atoms with van der Waals surface area (Å²) in [7, 11) is 0. The summed E-state index contributed by atoms with van der Waals surface area (Å²) in [5, 5.41) is 15.0. The predicted molar refractivity (Wildman–Crippen MR) is 110 cm³/mol. The van der Waals surface area contributed by atoms with Crippen molar-refractivity contribution < 1.29 is 5.11 Å². The standard InChI is InChI=1S/C23H28N4O/c1-17(2)20-3-5-22(6-4-20)27-14-19(12-25-27)13-26-15-21(23(28)16-26)11-18-7-9-24-10-8-18/h3-10,12,14,17,21,23,28H,11,13,15-16H2,1-2H3/t21-,23+/m1/s1. The van der Waals surface area contributed by atoms with E-state index in [1.807, 2.05) is 35.4 Å². The van der Waals surface area contributed by atoms with Crippen LogP contribution in [0.25, 0.3) is 5.69 Å². The summed E-state index contributed by atoms with van der Waals surface area (Å²) in [6.45, 7) is 6.83. The number of benzene rings is 1. The highest BCUT2D eigenvalue weighted by atomic mass is 16.3. The van der Waals surface area contributed by atoms with E-state index in [0.717, 1.165) is 25.2 Å². The Morgan fingerprint density at radius 2 is 1.79 bits per heavy atom. The van der Waals surface area contributed by atoms with Crippen LogP contribution in [0.4, 0.5) is 0 Å². The van der Waals surface area contributed by atoms with Crippen molar-refractivity contribution in [2.75, 3.05) is 13.1 Å². The predicted octanol–water partition coefficient (Wildman–Crippen LogP) is 3.43. The van der Waals surface area contributed by atoms with Gasteiger partial charge in [0.05, 0.1) is 18.0 Å². The molecule has 0 amide bonds. The van der Waals surface area contributed by atoms with Crippen molar-refractivity contribution in [3.8, 4) is 5.69 Å². The first kappa shape index (κ1) is 18.8. The minimum Gasteiger partial charge on any atom is -0.391 e. The molecule has 2 atom stereocenters. The molecule has 0 unspecified atom stereocenters. The van der Waals surface area contributed by atoms with Crippen LogP contribution in [0.5, 0.6) is 0 Å². The van der Waals surface area contributed by atoms with Gasteiger partial charge in [0.25, 0.3) is 0 Å². The molecule has 28 heavy (non-hydrogen) atoms. The molecule has 1 aliphatic rings. The maximum Gasteiger partial charge on any atom is 0.0710 e. The van der Waals surface area contributed by atoms with Crippen molar-refractivity contribution in [1.29, 1.82) is 0 Å². The van der Waals surface area contributed by atoms with Crippen molar-refractivity contribution in [2.24, 2.45) is 5.92 Å². The second-order valence-corrected chi connectivity index (χ2v) is 8.12. The SMILES string of the molecule is CC(C)c1ccc(-n2cc(CN3C[C@@H](Cc4ccncc4)[C@@H](O)C3)cn2)cc1. The molecular formula is C23H28N4O. The maximum atomic E-state index is 10.5. The van der Waals surface area contributed by atoms with Gasteiger partial charge in [-0.05, 0) is 47.7 Å². The minimum atomic E-state index is -0.285. The van der Waals surface area contributed by atoms with Gasteiger partial charge in [0.2, 0.25) is 0 Å². The number of rotatable bonds is 6. The molecule has 5 heteroatoms. The zero-order valence-corrected chi connectivity index (χ0v) is 16.6. The minimum absolute atomic E-state index is 0.265. The number of β-amino-alcohol motifs (C(OH)–C–C–N with tert-alkyl or cyclic N) is 1. The number of nitrogens with zero attached hydrogens (tertiary/aromatic N) is 4. The molecule has 0 bridgehead atoms. The number of aliphatic hydroxyl groups is 1. The molecule has 5 nitrogen and oxygen atoms in total. The van der Waals surface area contributed by atoms with E-state index < -0.39 is 0 Å². The Balaban J connectivity index is 1.37. The van der Waals surface area contributed by atoms with Crippen molar-refractivity contribution in [1.82, 2.24) is 19.7 Å². The van der Waals surface area contributed by atoms with E-state index in [1.165, 1.54) is 16.7 Å². The van der Waals surface area contributed by atoms with Gasteiger partial charge in [-0.3, -0.25) is 9.88 Å². The first-order valence-corrected chi connectivity index (χ1v) is 10.0. The molecule has 1 saturated heterocycles. The van der Waals surface area contributed by atoms with Crippen LogP contribution in [-0.4, -0.2) is 44.0 Å². The Morgan fingerprint density at radius 1 is 1.04 bits per heavy atom. The normalized spacial score (nSPS) is 20.1. The monoisotopic (exact) mass is 376 g/mol. The average Bonchev–Trinajstić information content (AvgIpc) is 3.30. The first-order chi connectivity index (χ1) is 13.6. The maximum absolute atomic E-state index is 10.5. The molecule has 1 fully saturated rings. The molecule has 2 aromatic heterocycles. The van der Waals surface area contributed by atoms with E-state index in [4.69, 9.17) is 0 Å². The third-order valence-corrected chi connectivity index (χ3v) is 5.60. The first-order valence-electron chi connectivity index (χ1n) is 10.0. The highest BCUT2D eigenvalue weighted by Crippen LogP contribution is 2.23. The zero-order valence-electron chi connectivity index (χ0n) is 16.6.